The van der Waals surface area contributed by atoms with Gasteiger partial charge < -0.3 is 30.0 Å². The molecule has 2 atom stereocenters. The van der Waals surface area contributed by atoms with Crippen LogP contribution in [0.25, 0.3) is 0 Å². The zero-order chi connectivity index (χ0) is 35.1. The van der Waals surface area contributed by atoms with E-state index in [4.69, 9.17) is 4.74 Å². The molecule has 0 aromatic heterocycles. The molecule has 0 aliphatic heterocycles. The highest BCUT2D eigenvalue weighted by Crippen LogP contribution is 2.26. The first-order valence-electron chi connectivity index (χ1n) is 15.3. The highest BCUT2D eigenvalue weighted by Gasteiger charge is 2.31. The third-order valence-corrected chi connectivity index (χ3v) is 6.94. The number of aldehydes is 1. The summed E-state index contributed by atoms with van der Waals surface area (Å²) in [6.45, 7) is 5.38. The van der Waals surface area contributed by atoms with Gasteiger partial charge in [0, 0.05) is 24.0 Å². The summed E-state index contributed by atoms with van der Waals surface area (Å²) in [5, 5.41) is 21.6. The number of nitrogens with one attached hydrogen (secondary N) is 1. The van der Waals surface area contributed by atoms with Crippen molar-refractivity contribution in [3.63, 3.8) is 0 Å². The zero-order valence-corrected chi connectivity index (χ0v) is 27.1. The van der Waals surface area contributed by atoms with Crippen LogP contribution < -0.4 is 10.1 Å². The average molecular weight is 653 g/mol. The predicted octanol–water partition coefficient (Wildman–Crippen LogP) is 5.31. The van der Waals surface area contributed by atoms with Crippen LogP contribution in [0.3, 0.4) is 0 Å². The summed E-state index contributed by atoms with van der Waals surface area (Å²) in [5.74, 6) is -2.56. The molecule has 0 aliphatic carbocycles. The number of carbonyl (C=O) groups excluding carboxylic acids is 3. The lowest BCUT2D eigenvalue weighted by Crippen LogP contribution is -2.47. The van der Waals surface area contributed by atoms with Gasteiger partial charge in [-0.05, 0) is 62.2 Å². The van der Waals surface area contributed by atoms with E-state index >= 15 is 0 Å². The molecule has 0 aliphatic rings. The monoisotopic (exact) mass is 652 g/mol. The van der Waals surface area contributed by atoms with E-state index in [1.54, 1.807) is 84.9 Å². The molecule has 0 bridgehead atoms. The number of ether oxygens (including phenoxy) is 1. The Bertz CT molecular complexity index is 1650. The molecule has 3 N–H and O–H groups in total. The van der Waals surface area contributed by atoms with Gasteiger partial charge in [0.25, 0.3) is 11.8 Å². The van der Waals surface area contributed by atoms with E-state index in [1.807, 2.05) is 51.1 Å². The molecule has 0 spiro atoms. The number of nitrogens with zero attached hydrogens (tertiary/aromatic N) is 1. The number of benzene rings is 4. The van der Waals surface area contributed by atoms with Gasteiger partial charge in [0.1, 0.15) is 29.7 Å². The molecule has 10 heteroatoms. The molecule has 0 radical (unpaired) electrons. The summed E-state index contributed by atoms with van der Waals surface area (Å²) in [7, 11) is 0. The van der Waals surface area contributed by atoms with Crippen molar-refractivity contribution in [1.29, 1.82) is 0 Å². The van der Waals surface area contributed by atoms with Crippen molar-refractivity contribution >= 4 is 30.0 Å². The Morgan fingerprint density at radius 3 is 1.77 bits per heavy atom. The zero-order valence-electron chi connectivity index (χ0n) is 27.1. The lowest BCUT2D eigenvalue weighted by atomic mass is 10.0. The number of carbonyl (C=O) groups is 5. The molecule has 4 rings (SSSR count). The van der Waals surface area contributed by atoms with Gasteiger partial charge in [0.05, 0.1) is 6.54 Å². The number of hydrogen-bond donors (Lipinski definition) is 3. The quantitative estimate of drug-likeness (QED) is 0.165. The minimum absolute atomic E-state index is 0.0218. The molecular weight excluding hydrogens is 612 g/mol. The lowest BCUT2D eigenvalue weighted by molar-refractivity contribution is -0.142. The maximum atomic E-state index is 12.9. The summed E-state index contributed by atoms with van der Waals surface area (Å²) in [6.07, 6.45) is 0.817. The van der Waals surface area contributed by atoms with Crippen molar-refractivity contribution in [2.75, 3.05) is 6.54 Å². The van der Waals surface area contributed by atoms with Crippen LogP contribution in [0.1, 0.15) is 52.6 Å². The van der Waals surface area contributed by atoms with Crippen molar-refractivity contribution in [3.8, 4) is 5.75 Å². The largest absolute Gasteiger partial charge is 0.488 e. The van der Waals surface area contributed by atoms with Crippen LogP contribution in [-0.2, 0) is 27.2 Å². The Kier molecular flexibility index (Phi) is 13.6. The van der Waals surface area contributed by atoms with Crippen LogP contribution in [0.2, 0.25) is 0 Å². The first kappa shape index (κ1) is 36.7. The standard InChI is InChI=1S/C22H25NO5.C16H15NO3/c1-22(2,3)28-19-12-8-7-11-17(19)15-18(21(26)27)23(13-14-24)20(25)16-9-5-4-6-10-16;18-15(13-9-5-2-6-10-13)17-14(16(19)20)11-12-7-3-1-4-8-12/h4-12,14,18H,13,15H2,1-3H3,(H,26,27);1-10,14H,11H2,(H,17,18)(H,19,20). The van der Waals surface area contributed by atoms with E-state index in [2.05, 4.69) is 5.32 Å². The minimum atomic E-state index is -1.21. The molecule has 2 unspecified atom stereocenters. The molecule has 0 heterocycles. The van der Waals surface area contributed by atoms with E-state index in [9.17, 15) is 34.2 Å². The first-order chi connectivity index (χ1) is 22.9. The van der Waals surface area contributed by atoms with E-state index in [0.29, 0.717) is 28.7 Å². The molecule has 48 heavy (non-hydrogen) atoms. The third-order valence-electron chi connectivity index (χ3n) is 6.94. The topological polar surface area (TPSA) is 150 Å². The van der Waals surface area contributed by atoms with E-state index < -0.39 is 35.5 Å². The van der Waals surface area contributed by atoms with E-state index in [0.717, 1.165) is 10.5 Å². The van der Waals surface area contributed by atoms with Gasteiger partial charge in [-0.1, -0.05) is 84.9 Å². The summed E-state index contributed by atoms with van der Waals surface area (Å²) in [4.78, 5) is 60.3. The third kappa shape index (κ3) is 11.5. The second-order valence-corrected chi connectivity index (χ2v) is 11.8. The van der Waals surface area contributed by atoms with Crippen molar-refractivity contribution in [2.45, 2.75) is 51.3 Å². The van der Waals surface area contributed by atoms with Crippen LogP contribution in [0, 0.1) is 0 Å². The molecule has 0 fully saturated rings. The smallest absolute Gasteiger partial charge is 0.326 e. The van der Waals surface area contributed by atoms with Crippen LogP contribution in [0.15, 0.2) is 115 Å². The van der Waals surface area contributed by atoms with Gasteiger partial charge >= 0.3 is 11.9 Å². The highest BCUT2D eigenvalue weighted by molar-refractivity contribution is 5.98. The number of rotatable bonds is 13. The maximum absolute atomic E-state index is 12.9. The second-order valence-electron chi connectivity index (χ2n) is 11.8. The van der Waals surface area contributed by atoms with Gasteiger partial charge in [-0.15, -0.1) is 0 Å². The molecule has 4 aromatic carbocycles. The lowest BCUT2D eigenvalue weighted by Gasteiger charge is -2.29. The van der Waals surface area contributed by atoms with Crippen LogP contribution in [0.5, 0.6) is 5.75 Å². The van der Waals surface area contributed by atoms with Crippen molar-refractivity contribution in [1.82, 2.24) is 10.2 Å². The Balaban J connectivity index is 0.000000275. The number of amides is 2. The normalized spacial score (nSPS) is 11.9. The van der Waals surface area contributed by atoms with Crippen molar-refractivity contribution in [3.05, 3.63) is 138 Å². The number of para-hydroxylation sites is 1. The fourth-order valence-corrected chi connectivity index (χ4v) is 4.70. The highest BCUT2D eigenvalue weighted by atomic mass is 16.5. The predicted molar refractivity (Wildman–Crippen MR) is 181 cm³/mol. The SMILES string of the molecule is CC(C)(C)Oc1ccccc1CC(C(=O)O)N(CC=O)C(=O)c1ccccc1.O=C(NC(Cc1ccccc1)C(=O)O)c1ccccc1. The van der Waals surface area contributed by atoms with Crippen LogP contribution in [-0.4, -0.2) is 69.4 Å². The summed E-state index contributed by atoms with van der Waals surface area (Å²) >= 11 is 0. The molecular formula is C38H40N2O8. The number of carboxylic acid groups (broad SMARTS) is 2. The Morgan fingerprint density at radius 1 is 0.729 bits per heavy atom. The molecule has 0 saturated carbocycles. The van der Waals surface area contributed by atoms with E-state index in [-0.39, 0.29) is 25.3 Å². The van der Waals surface area contributed by atoms with Crippen LogP contribution in [0.4, 0.5) is 0 Å². The Morgan fingerprint density at radius 2 is 1.25 bits per heavy atom. The van der Waals surface area contributed by atoms with Crippen molar-refractivity contribution in [2.24, 2.45) is 0 Å². The molecule has 10 nitrogen and oxygen atoms in total. The maximum Gasteiger partial charge on any atom is 0.326 e. The van der Waals surface area contributed by atoms with Gasteiger partial charge in [-0.25, -0.2) is 9.59 Å². The van der Waals surface area contributed by atoms with Gasteiger partial charge in [-0.3, -0.25) is 9.59 Å². The second kappa shape index (κ2) is 17.8. The first-order valence-corrected chi connectivity index (χ1v) is 15.3. The van der Waals surface area contributed by atoms with E-state index in [1.165, 1.54) is 0 Å². The fourth-order valence-electron chi connectivity index (χ4n) is 4.70. The van der Waals surface area contributed by atoms with Crippen molar-refractivity contribution < 1.29 is 38.9 Å². The summed E-state index contributed by atoms with van der Waals surface area (Å²) in [6, 6.07) is 31.1. The summed E-state index contributed by atoms with van der Waals surface area (Å²) in [5.41, 5.74) is 1.84. The fraction of sp³-hybridized carbons (Fsp3) is 0.237. The Hall–Kier alpha value is -5.77. The molecule has 250 valence electrons. The molecule has 4 aromatic rings. The molecule has 2 amide bonds. The van der Waals surface area contributed by atoms with Gasteiger partial charge in [0.15, 0.2) is 0 Å². The number of hydrogen-bond acceptors (Lipinski definition) is 6. The number of carboxylic acids is 2. The minimum Gasteiger partial charge on any atom is -0.488 e. The summed E-state index contributed by atoms with van der Waals surface area (Å²) < 4.78 is 5.93. The molecule has 0 saturated heterocycles. The van der Waals surface area contributed by atoms with Crippen LogP contribution >= 0.6 is 0 Å². The average Bonchev–Trinajstić information content (AvgIpc) is 3.07. The Labute approximate surface area is 280 Å². The van der Waals surface area contributed by atoms with Gasteiger partial charge in [-0.2, -0.15) is 0 Å². The number of aliphatic carboxylic acids is 2. The van der Waals surface area contributed by atoms with Gasteiger partial charge in [0.2, 0.25) is 0 Å².